The average molecular weight is 249 g/mol. The molecule has 0 amide bonds. The van der Waals surface area contributed by atoms with Gasteiger partial charge in [0.25, 0.3) is 0 Å². The average Bonchev–Trinajstić information content (AvgIpc) is 2.82. The minimum Gasteiger partial charge on any atom is -0.238 e. The van der Waals surface area contributed by atoms with Crippen molar-refractivity contribution in [2.45, 2.75) is 32.6 Å². The number of aromatic nitrogens is 2. The molecule has 0 atom stereocenters. The third-order valence-electron chi connectivity index (χ3n) is 2.87. The van der Waals surface area contributed by atoms with Crippen LogP contribution in [0.5, 0.6) is 0 Å². The molecule has 1 heterocycles. The van der Waals surface area contributed by atoms with Gasteiger partial charge in [0.1, 0.15) is 0 Å². The van der Waals surface area contributed by atoms with Gasteiger partial charge in [0, 0.05) is 11.6 Å². The van der Waals surface area contributed by atoms with Gasteiger partial charge in [-0.3, -0.25) is 0 Å². The quantitative estimate of drug-likeness (QED) is 0.754. The Bertz CT molecular complexity index is 503. The van der Waals surface area contributed by atoms with Crippen LogP contribution >= 0.6 is 11.6 Å². The molecule has 2 nitrogen and oxygen atoms in total. The number of rotatable bonds is 4. The third kappa shape index (κ3) is 2.52. The zero-order valence-electron chi connectivity index (χ0n) is 10.3. The van der Waals surface area contributed by atoms with Gasteiger partial charge >= 0.3 is 0 Å². The number of halogens is 1. The summed E-state index contributed by atoms with van der Waals surface area (Å²) in [6.07, 6.45) is 1.95. The van der Waals surface area contributed by atoms with Crippen LogP contribution in [-0.4, -0.2) is 9.78 Å². The van der Waals surface area contributed by atoms with Crippen molar-refractivity contribution in [3.63, 3.8) is 0 Å². The highest BCUT2D eigenvalue weighted by Gasteiger charge is 2.07. The van der Waals surface area contributed by atoms with E-state index >= 15 is 0 Å². The van der Waals surface area contributed by atoms with Crippen LogP contribution in [0.15, 0.2) is 30.3 Å². The zero-order chi connectivity index (χ0) is 12.3. The molecule has 0 bridgehead atoms. The summed E-state index contributed by atoms with van der Waals surface area (Å²) in [4.78, 5) is 0. The molecule has 0 N–H and O–H groups in total. The summed E-state index contributed by atoms with van der Waals surface area (Å²) in [5, 5.41) is 4.62. The van der Waals surface area contributed by atoms with E-state index in [1.807, 2.05) is 16.8 Å². The van der Waals surface area contributed by atoms with Crippen LogP contribution in [-0.2, 0) is 18.7 Å². The van der Waals surface area contributed by atoms with Gasteiger partial charge in [-0.2, -0.15) is 5.10 Å². The largest absolute Gasteiger partial charge is 0.238 e. The van der Waals surface area contributed by atoms with Gasteiger partial charge in [0.05, 0.1) is 11.4 Å². The molecule has 2 aromatic rings. The normalized spacial score (nSPS) is 10.8. The fraction of sp³-hybridized carbons (Fsp3) is 0.357. The van der Waals surface area contributed by atoms with E-state index in [4.69, 9.17) is 11.6 Å². The van der Waals surface area contributed by atoms with Gasteiger partial charge in [-0.1, -0.05) is 26.0 Å². The number of alkyl halides is 1. The SMILES string of the molecule is CCc1cc(CC)n(-c2cccc(CCl)c2)n1. The van der Waals surface area contributed by atoms with Crippen LogP contribution in [0.25, 0.3) is 5.69 Å². The van der Waals surface area contributed by atoms with E-state index < -0.39 is 0 Å². The summed E-state index contributed by atoms with van der Waals surface area (Å²) < 4.78 is 2.02. The second-order valence-corrected chi connectivity index (χ2v) is 4.32. The topological polar surface area (TPSA) is 17.8 Å². The zero-order valence-corrected chi connectivity index (χ0v) is 11.0. The van der Waals surface area contributed by atoms with Crippen molar-refractivity contribution in [1.82, 2.24) is 9.78 Å². The first-order chi connectivity index (χ1) is 8.28. The van der Waals surface area contributed by atoms with Crippen LogP contribution in [0.1, 0.15) is 30.8 Å². The molecular formula is C14H17ClN2. The van der Waals surface area contributed by atoms with E-state index in [1.165, 1.54) is 5.69 Å². The van der Waals surface area contributed by atoms with Crippen LogP contribution in [0, 0.1) is 0 Å². The van der Waals surface area contributed by atoms with Gasteiger partial charge < -0.3 is 0 Å². The van der Waals surface area contributed by atoms with Gasteiger partial charge in [-0.25, -0.2) is 4.68 Å². The molecule has 0 fully saturated rings. The Balaban J connectivity index is 2.47. The van der Waals surface area contributed by atoms with E-state index in [-0.39, 0.29) is 0 Å². The fourth-order valence-corrected chi connectivity index (χ4v) is 2.06. The Morgan fingerprint density at radius 3 is 2.65 bits per heavy atom. The molecule has 1 aromatic carbocycles. The van der Waals surface area contributed by atoms with Crippen molar-refractivity contribution in [2.24, 2.45) is 0 Å². The molecule has 0 saturated carbocycles. The minimum absolute atomic E-state index is 0.539. The second-order valence-electron chi connectivity index (χ2n) is 4.05. The Morgan fingerprint density at radius 2 is 2.00 bits per heavy atom. The summed E-state index contributed by atoms with van der Waals surface area (Å²) in [5.41, 5.74) is 4.60. The Morgan fingerprint density at radius 1 is 1.18 bits per heavy atom. The van der Waals surface area contributed by atoms with Crippen LogP contribution in [0.4, 0.5) is 0 Å². The van der Waals surface area contributed by atoms with Gasteiger partial charge in [0.15, 0.2) is 0 Å². The number of benzene rings is 1. The van der Waals surface area contributed by atoms with Crippen molar-refractivity contribution >= 4 is 11.6 Å². The molecule has 0 aliphatic carbocycles. The highest BCUT2D eigenvalue weighted by atomic mass is 35.5. The van der Waals surface area contributed by atoms with Gasteiger partial charge in [0.2, 0.25) is 0 Å². The van der Waals surface area contributed by atoms with Gasteiger partial charge in [-0.15, -0.1) is 11.6 Å². The molecule has 0 aliphatic rings. The summed E-state index contributed by atoms with van der Waals surface area (Å²) in [7, 11) is 0. The van der Waals surface area contributed by atoms with Crippen molar-refractivity contribution in [3.05, 3.63) is 47.3 Å². The number of aryl methyl sites for hydroxylation is 2. The molecule has 0 saturated heterocycles. The highest BCUT2D eigenvalue weighted by molar-refractivity contribution is 6.17. The predicted molar refractivity (Wildman–Crippen MR) is 71.9 cm³/mol. The van der Waals surface area contributed by atoms with E-state index in [2.05, 4.69) is 37.1 Å². The van der Waals surface area contributed by atoms with Crippen LogP contribution < -0.4 is 0 Å². The molecule has 0 spiro atoms. The molecule has 2 rings (SSSR count). The Kier molecular flexibility index (Phi) is 3.85. The lowest BCUT2D eigenvalue weighted by atomic mass is 10.2. The summed E-state index contributed by atoms with van der Waals surface area (Å²) in [6, 6.07) is 10.4. The van der Waals surface area contributed by atoms with Crippen molar-refractivity contribution in [2.75, 3.05) is 0 Å². The van der Waals surface area contributed by atoms with E-state index in [9.17, 15) is 0 Å². The smallest absolute Gasteiger partial charge is 0.0652 e. The number of nitrogens with zero attached hydrogens (tertiary/aromatic N) is 2. The monoisotopic (exact) mass is 248 g/mol. The molecular weight excluding hydrogens is 232 g/mol. The third-order valence-corrected chi connectivity index (χ3v) is 3.18. The standard InChI is InChI=1S/C14H17ClN2/c1-3-12-9-13(4-2)17(16-12)14-7-5-6-11(8-14)10-15/h5-9H,3-4,10H2,1-2H3. The van der Waals surface area contributed by atoms with Crippen molar-refractivity contribution in [3.8, 4) is 5.69 Å². The maximum absolute atomic E-state index is 5.86. The van der Waals surface area contributed by atoms with E-state index in [0.717, 1.165) is 29.8 Å². The predicted octanol–water partition coefficient (Wildman–Crippen LogP) is 3.74. The summed E-state index contributed by atoms with van der Waals surface area (Å²) in [6.45, 7) is 4.28. The molecule has 17 heavy (non-hydrogen) atoms. The number of hydrogen-bond acceptors (Lipinski definition) is 1. The molecule has 0 aliphatic heterocycles. The minimum atomic E-state index is 0.539. The van der Waals surface area contributed by atoms with Crippen LogP contribution in [0.3, 0.4) is 0 Å². The van der Waals surface area contributed by atoms with E-state index in [0.29, 0.717) is 5.88 Å². The highest BCUT2D eigenvalue weighted by Crippen LogP contribution is 2.16. The lowest BCUT2D eigenvalue weighted by molar-refractivity contribution is 0.793. The lowest BCUT2D eigenvalue weighted by Gasteiger charge is -2.07. The van der Waals surface area contributed by atoms with Gasteiger partial charge in [-0.05, 0) is 36.6 Å². The molecule has 0 unspecified atom stereocenters. The molecule has 3 heteroatoms. The first-order valence-corrected chi connectivity index (χ1v) is 6.55. The molecule has 1 aromatic heterocycles. The Hall–Kier alpha value is -1.28. The molecule has 0 radical (unpaired) electrons. The molecule has 90 valence electrons. The number of hydrogen-bond donors (Lipinski definition) is 0. The van der Waals surface area contributed by atoms with Crippen molar-refractivity contribution < 1.29 is 0 Å². The first kappa shape index (κ1) is 12.2. The maximum Gasteiger partial charge on any atom is 0.0652 e. The lowest BCUT2D eigenvalue weighted by Crippen LogP contribution is -2.02. The summed E-state index contributed by atoms with van der Waals surface area (Å²) in [5.74, 6) is 0.539. The van der Waals surface area contributed by atoms with Crippen LogP contribution in [0.2, 0.25) is 0 Å². The summed E-state index contributed by atoms with van der Waals surface area (Å²) >= 11 is 5.86. The maximum atomic E-state index is 5.86. The van der Waals surface area contributed by atoms with Crippen molar-refractivity contribution in [1.29, 1.82) is 0 Å². The Labute approximate surface area is 107 Å². The van der Waals surface area contributed by atoms with E-state index in [1.54, 1.807) is 0 Å². The fourth-order valence-electron chi connectivity index (χ4n) is 1.89. The second kappa shape index (κ2) is 5.37. The first-order valence-electron chi connectivity index (χ1n) is 6.01.